The minimum absolute atomic E-state index is 0.234. The Kier molecular flexibility index (Phi) is 6.05. The Balaban J connectivity index is 2.74. The van der Waals surface area contributed by atoms with E-state index in [1.165, 1.54) is 0 Å². The van der Waals surface area contributed by atoms with Crippen LogP contribution >= 0.6 is 0 Å². The van der Waals surface area contributed by atoms with Gasteiger partial charge in [0.15, 0.2) is 11.5 Å². The fourth-order valence-electron chi connectivity index (χ4n) is 1.53. The average Bonchev–Trinajstić information content (AvgIpc) is 2.37. The zero-order chi connectivity index (χ0) is 13.4. The summed E-state index contributed by atoms with van der Waals surface area (Å²) in [5, 5.41) is 0. The van der Waals surface area contributed by atoms with Crippen LogP contribution in [0.2, 0.25) is 0 Å². The van der Waals surface area contributed by atoms with Crippen molar-refractivity contribution < 1.29 is 19.0 Å². The van der Waals surface area contributed by atoms with Crippen molar-refractivity contribution in [1.82, 2.24) is 0 Å². The molecule has 0 heterocycles. The second-order valence-electron chi connectivity index (χ2n) is 3.82. The Morgan fingerprint density at radius 3 is 2.61 bits per heavy atom. The second-order valence-corrected chi connectivity index (χ2v) is 3.82. The van der Waals surface area contributed by atoms with Crippen molar-refractivity contribution in [3.63, 3.8) is 0 Å². The highest BCUT2D eigenvalue weighted by Crippen LogP contribution is 2.28. The zero-order valence-electron chi connectivity index (χ0n) is 11.2. The molecule has 1 aromatic carbocycles. The van der Waals surface area contributed by atoms with Crippen molar-refractivity contribution in [1.29, 1.82) is 0 Å². The molecule has 4 nitrogen and oxygen atoms in total. The van der Waals surface area contributed by atoms with Gasteiger partial charge in [-0.2, -0.15) is 0 Å². The summed E-state index contributed by atoms with van der Waals surface area (Å²) in [5.74, 6) is 1.11. The lowest BCUT2D eigenvalue weighted by molar-refractivity contribution is -0.142. The quantitative estimate of drug-likeness (QED) is 0.700. The van der Waals surface area contributed by atoms with E-state index >= 15 is 0 Å². The van der Waals surface area contributed by atoms with Crippen molar-refractivity contribution in [2.45, 2.75) is 26.7 Å². The summed E-state index contributed by atoms with van der Waals surface area (Å²) in [5.41, 5.74) is 0.856. The Labute approximate surface area is 108 Å². The van der Waals surface area contributed by atoms with Gasteiger partial charge < -0.3 is 14.2 Å². The molecule has 0 N–H and O–H groups in total. The zero-order valence-corrected chi connectivity index (χ0v) is 11.2. The van der Waals surface area contributed by atoms with Gasteiger partial charge in [-0.3, -0.25) is 4.79 Å². The number of carbonyl (C=O) groups excluding carboxylic acids is 1. The second kappa shape index (κ2) is 7.58. The number of ether oxygens (including phenoxy) is 3. The molecule has 4 heteroatoms. The minimum Gasteiger partial charge on any atom is -0.493 e. The number of esters is 1. The van der Waals surface area contributed by atoms with Crippen molar-refractivity contribution in [2.75, 3.05) is 20.3 Å². The predicted molar refractivity (Wildman–Crippen MR) is 69.1 cm³/mol. The Morgan fingerprint density at radius 2 is 2.00 bits per heavy atom. The van der Waals surface area contributed by atoms with Gasteiger partial charge >= 0.3 is 5.97 Å². The van der Waals surface area contributed by atoms with E-state index in [0.717, 1.165) is 12.0 Å². The molecule has 0 spiro atoms. The fraction of sp³-hybridized carbons (Fsp3) is 0.500. The Hall–Kier alpha value is -1.71. The maximum Gasteiger partial charge on any atom is 0.310 e. The smallest absolute Gasteiger partial charge is 0.310 e. The standard InChI is InChI=1S/C14H20O4/c1-4-8-18-12-7-6-11(9-13(12)16-3)10-14(15)17-5-2/h6-7,9H,4-5,8,10H2,1-3H3. The highest BCUT2D eigenvalue weighted by molar-refractivity contribution is 5.72. The van der Waals surface area contributed by atoms with Gasteiger partial charge in [-0.15, -0.1) is 0 Å². The molecule has 0 saturated heterocycles. The van der Waals surface area contributed by atoms with E-state index in [-0.39, 0.29) is 12.4 Å². The average molecular weight is 252 g/mol. The molecule has 0 atom stereocenters. The number of carbonyl (C=O) groups is 1. The van der Waals surface area contributed by atoms with Crippen LogP contribution in [-0.4, -0.2) is 26.3 Å². The maximum absolute atomic E-state index is 11.4. The van der Waals surface area contributed by atoms with E-state index in [1.807, 2.05) is 25.1 Å². The first-order valence-corrected chi connectivity index (χ1v) is 6.16. The van der Waals surface area contributed by atoms with Crippen molar-refractivity contribution in [3.8, 4) is 11.5 Å². The first kappa shape index (κ1) is 14.4. The highest BCUT2D eigenvalue weighted by Gasteiger charge is 2.09. The summed E-state index contributed by atoms with van der Waals surface area (Å²) in [6, 6.07) is 5.48. The van der Waals surface area contributed by atoms with Crippen LogP contribution in [0.4, 0.5) is 0 Å². The van der Waals surface area contributed by atoms with Gasteiger partial charge in [0.2, 0.25) is 0 Å². The van der Waals surface area contributed by atoms with Crippen LogP contribution in [0.5, 0.6) is 11.5 Å². The van der Waals surface area contributed by atoms with Crippen LogP contribution in [0.3, 0.4) is 0 Å². The van der Waals surface area contributed by atoms with Gasteiger partial charge in [-0.25, -0.2) is 0 Å². The van der Waals surface area contributed by atoms with Crippen LogP contribution in [-0.2, 0) is 16.0 Å². The van der Waals surface area contributed by atoms with Gasteiger partial charge in [0, 0.05) is 0 Å². The number of methoxy groups -OCH3 is 1. The lowest BCUT2D eigenvalue weighted by Crippen LogP contribution is -2.07. The van der Waals surface area contributed by atoms with Crippen molar-refractivity contribution >= 4 is 5.97 Å². The molecule has 0 radical (unpaired) electrons. The predicted octanol–water partition coefficient (Wildman–Crippen LogP) is 2.59. The minimum atomic E-state index is -0.234. The molecule has 0 aromatic heterocycles. The molecule has 0 fully saturated rings. The van der Waals surface area contributed by atoms with Crippen LogP contribution in [0.25, 0.3) is 0 Å². The fourth-order valence-corrected chi connectivity index (χ4v) is 1.53. The Morgan fingerprint density at radius 1 is 1.22 bits per heavy atom. The first-order chi connectivity index (χ1) is 8.71. The molecule has 100 valence electrons. The van der Waals surface area contributed by atoms with Crippen LogP contribution in [0, 0.1) is 0 Å². The van der Waals surface area contributed by atoms with Crippen molar-refractivity contribution in [3.05, 3.63) is 23.8 Å². The molecule has 1 rings (SSSR count). The number of benzene rings is 1. The number of rotatable bonds is 7. The van der Waals surface area contributed by atoms with E-state index in [2.05, 4.69) is 0 Å². The molecule has 0 aliphatic heterocycles. The monoisotopic (exact) mass is 252 g/mol. The summed E-state index contributed by atoms with van der Waals surface area (Å²) in [4.78, 5) is 11.4. The largest absolute Gasteiger partial charge is 0.493 e. The van der Waals surface area contributed by atoms with E-state index in [9.17, 15) is 4.79 Å². The van der Waals surface area contributed by atoms with Crippen LogP contribution in [0.1, 0.15) is 25.8 Å². The molecular weight excluding hydrogens is 232 g/mol. The molecule has 0 bridgehead atoms. The van der Waals surface area contributed by atoms with Gasteiger partial charge in [-0.1, -0.05) is 13.0 Å². The van der Waals surface area contributed by atoms with Gasteiger partial charge in [0.05, 0.1) is 26.7 Å². The maximum atomic E-state index is 11.4. The van der Waals surface area contributed by atoms with Gasteiger partial charge in [0.25, 0.3) is 0 Å². The van der Waals surface area contributed by atoms with Gasteiger partial charge in [-0.05, 0) is 31.0 Å². The lowest BCUT2D eigenvalue weighted by atomic mass is 10.1. The number of hydrogen-bond donors (Lipinski definition) is 0. The third-order valence-electron chi connectivity index (χ3n) is 2.34. The van der Waals surface area contributed by atoms with E-state index in [1.54, 1.807) is 14.0 Å². The van der Waals surface area contributed by atoms with Crippen LogP contribution < -0.4 is 9.47 Å². The van der Waals surface area contributed by atoms with Gasteiger partial charge in [0.1, 0.15) is 0 Å². The summed E-state index contributed by atoms with van der Waals surface area (Å²) in [6.07, 6.45) is 1.19. The van der Waals surface area contributed by atoms with E-state index in [4.69, 9.17) is 14.2 Å². The molecule has 1 aromatic rings. The van der Waals surface area contributed by atoms with Crippen molar-refractivity contribution in [2.24, 2.45) is 0 Å². The summed E-state index contributed by atoms with van der Waals surface area (Å²) in [7, 11) is 1.59. The Bertz CT molecular complexity index is 387. The highest BCUT2D eigenvalue weighted by atomic mass is 16.5. The third-order valence-corrected chi connectivity index (χ3v) is 2.34. The molecule has 0 saturated carbocycles. The number of hydrogen-bond acceptors (Lipinski definition) is 4. The normalized spacial score (nSPS) is 9.94. The molecule has 0 amide bonds. The third kappa shape index (κ3) is 4.28. The van der Waals surface area contributed by atoms with E-state index < -0.39 is 0 Å². The summed E-state index contributed by atoms with van der Waals surface area (Å²) < 4.78 is 15.7. The summed E-state index contributed by atoms with van der Waals surface area (Å²) >= 11 is 0. The molecule has 0 unspecified atom stereocenters. The molecule has 18 heavy (non-hydrogen) atoms. The lowest BCUT2D eigenvalue weighted by Gasteiger charge is -2.11. The molecular formula is C14H20O4. The first-order valence-electron chi connectivity index (χ1n) is 6.16. The van der Waals surface area contributed by atoms with Crippen LogP contribution in [0.15, 0.2) is 18.2 Å². The summed E-state index contributed by atoms with van der Waals surface area (Å²) in [6.45, 7) is 4.88. The molecule has 0 aliphatic carbocycles. The van der Waals surface area contributed by atoms with E-state index in [0.29, 0.717) is 24.7 Å². The molecule has 0 aliphatic rings. The topological polar surface area (TPSA) is 44.8 Å². The SMILES string of the molecule is CCCOc1ccc(CC(=O)OCC)cc1OC.